The third-order valence-corrected chi connectivity index (χ3v) is 4.01. The first-order valence-electron chi connectivity index (χ1n) is 8.48. The van der Waals surface area contributed by atoms with Crippen LogP contribution in [0.25, 0.3) is 5.82 Å². The first kappa shape index (κ1) is 17.4. The molecule has 0 atom stereocenters. The molecule has 7 heteroatoms. The molecule has 2 aromatic rings. The van der Waals surface area contributed by atoms with Crippen LogP contribution in [0.5, 0.6) is 0 Å². The van der Waals surface area contributed by atoms with Gasteiger partial charge in [0.05, 0.1) is 0 Å². The molecule has 1 aliphatic heterocycles. The molecule has 0 aliphatic carbocycles. The number of carbonyl (C=O) groups excluding carboxylic acids is 1. The number of aryl methyl sites for hydroxylation is 1. The maximum atomic E-state index is 11.9. The standard InChI is InChI=1S/C18H25N5O2/c1-13-19-7-8-23(13)16-6-5-14(10-21-16)9-20-15-11-22(12-15)17(24)25-18(2,3)4/h5-8,10,15,20H,9,11-12H2,1-4H3. The monoisotopic (exact) mass is 343 g/mol. The van der Waals surface area contributed by atoms with Crippen LogP contribution in [0.2, 0.25) is 0 Å². The van der Waals surface area contributed by atoms with Gasteiger partial charge in [-0.05, 0) is 39.3 Å². The molecule has 0 aromatic carbocycles. The molecule has 3 heterocycles. The van der Waals surface area contributed by atoms with Gasteiger partial charge >= 0.3 is 6.09 Å². The second-order valence-corrected chi connectivity index (χ2v) is 7.33. The fraction of sp³-hybridized carbons (Fsp3) is 0.500. The Balaban J connectivity index is 1.45. The van der Waals surface area contributed by atoms with E-state index < -0.39 is 5.60 Å². The number of amides is 1. The number of ether oxygens (including phenoxy) is 1. The van der Waals surface area contributed by atoms with Crippen molar-refractivity contribution in [2.75, 3.05) is 13.1 Å². The fourth-order valence-electron chi connectivity index (χ4n) is 2.63. The lowest BCUT2D eigenvalue weighted by atomic mass is 10.1. The number of hydrogen-bond acceptors (Lipinski definition) is 5. The smallest absolute Gasteiger partial charge is 0.410 e. The molecule has 0 spiro atoms. The number of pyridine rings is 1. The molecule has 0 bridgehead atoms. The fourth-order valence-corrected chi connectivity index (χ4v) is 2.63. The van der Waals surface area contributed by atoms with Gasteiger partial charge in [-0.15, -0.1) is 0 Å². The predicted molar refractivity (Wildman–Crippen MR) is 94.5 cm³/mol. The molecule has 134 valence electrons. The summed E-state index contributed by atoms with van der Waals surface area (Å²) in [5.74, 6) is 1.77. The molecule has 3 rings (SSSR count). The summed E-state index contributed by atoms with van der Waals surface area (Å²) in [6.07, 6.45) is 5.29. The number of nitrogens with one attached hydrogen (secondary N) is 1. The van der Waals surface area contributed by atoms with Gasteiger partial charge in [0.1, 0.15) is 17.2 Å². The van der Waals surface area contributed by atoms with Gasteiger partial charge in [0.25, 0.3) is 0 Å². The highest BCUT2D eigenvalue weighted by molar-refractivity contribution is 5.69. The van der Waals surface area contributed by atoms with Crippen molar-refractivity contribution in [1.82, 2.24) is 24.8 Å². The summed E-state index contributed by atoms with van der Waals surface area (Å²) in [5, 5.41) is 3.44. The van der Waals surface area contributed by atoms with Gasteiger partial charge in [0.2, 0.25) is 0 Å². The zero-order chi connectivity index (χ0) is 18.0. The number of rotatable bonds is 4. The zero-order valence-corrected chi connectivity index (χ0v) is 15.2. The van der Waals surface area contributed by atoms with Gasteiger partial charge in [0, 0.05) is 44.3 Å². The number of nitrogens with zero attached hydrogens (tertiary/aromatic N) is 4. The van der Waals surface area contributed by atoms with Crippen LogP contribution in [-0.2, 0) is 11.3 Å². The molecule has 1 N–H and O–H groups in total. The largest absolute Gasteiger partial charge is 0.444 e. The second kappa shape index (κ2) is 6.84. The molecule has 1 fully saturated rings. The number of imidazole rings is 1. The lowest BCUT2D eigenvalue weighted by Crippen LogP contribution is -2.60. The van der Waals surface area contributed by atoms with Crippen molar-refractivity contribution in [2.24, 2.45) is 0 Å². The molecule has 1 amide bonds. The summed E-state index contributed by atoms with van der Waals surface area (Å²) >= 11 is 0. The highest BCUT2D eigenvalue weighted by atomic mass is 16.6. The molecule has 2 aromatic heterocycles. The van der Waals surface area contributed by atoms with Crippen molar-refractivity contribution >= 4 is 6.09 Å². The summed E-state index contributed by atoms with van der Waals surface area (Å²) < 4.78 is 7.30. The molecule has 1 saturated heterocycles. The molecule has 7 nitrogen and oxygen atoms in total. The van der Waals surface area contributed by atoms with Crippen LogP contribution in [0, 0.1) is 6.92 Å². The van der Waals surface area contributed by atoms with E-state index in [1.807, 2.05) is 50.7 Å². The molecular weight excluding hydrogens is 318 g/mol. The summed E-state index contributed by atoms with van der Waals surface area (Å²) in [4.78, 5) is 22.3. The zero-order valence-electron chi connectivity index (χ0n) is 15.2. The normalized spacial score (nSPS) is 15.1. The highest BCUT2D eigenvalue weighted by Crippen LogP contribution is 2.16. The average molecular weight is 343 g/mol. The minimum atomic E-state index is -0.448. The first-order valence-corrected chi connectivity index (χ1v) is 8.48. The summed E-state index contributed by atoms with van der Waals surface area (Å²) in [6.45, 7) is 9.66. The van der Waals surface area contributed by atoms with Crippen molar-refractivity contribution in [3.05, 3.63) is 42.1 Å². The number of hydrogen-bond donors (Lipinski definition) is 1. The molecule has 0 radical (unpaired) electrons. The van der Waals surface area contributed by atoms with Crippen LogP contribution in [0.15, 0.2) is 30.7 Å². The van der Waals surface area contributed by atoms with E-state index in [0.29, 0.717) is 19.1 Å². The van der Waals surface area contributed by atoms with Crippen molar-refractivity contribution in [2.45, 2.75) is 45.9 Å². The number of likely N-dealkylation sites (tertiary alicyclic amines) is 1. The SMILES string of the molecule is Cc1nccn1-c1ccc(CNC2CN(C(=O)OC(C)(C)C)C2)cn1. The molecule has 1 aliphatic rings. The molecule has 25 heavy (non-hydrogen) atoms. The summed E-state index contributed by atoms with van der Waals surface area (Å²) in [5.41, 5.74) is 0.661. The van der Waals surface area contributed by atoms with Gasteiger partial charge in [0.15, 0.2) is 0 Å². The Hall–Kier alpha value is -2.41. The Morgan fingerprint density at radius 3 is 2.64 bits per heavy atom. The highest BCUT2D eigenvalue weighted by Gasteiger charge is 2.33. The van der Waals surface area contributed by atoms with E-state index in [1.54, 1.807) is 11.1 Å². The topological polar surface area (TPSA) is 72.3 Å². The van der Waals surface area contributed by atoms with Crippen molar-refractivity contribution < 1.29 is 9.53 Å². The Bertz CT molecular complexity index is 727. The summed E-state index contributed by atoms with van der Waals surface area (Å²) in [7, 11) is 0. The van der Waals surface area contributed by atoms with Gasteiger partial charge in [-0.25, -0.2) is 14.8 Å². The first-order chi connectivity index (χ1) is 11.8. The van der Waals surface area contributed by atoms with E-state index in [2.05, 4.69) is 21.4 Å². The van der Waals surface area contributed by atoms with Crippen molar-refractivity contribution in [3.63, 3.8) is 0 Å². The molecule has 0 saturated carbocycles. The van der Waals surface area contributed by atoms with Gasteiger partial charge in [-0.2, -0.15) is 0 Å². The minimum absolute atomic E-state index is 0.243. The molecule has 0 unspecified atom stereocenters. The van der Waals surface area contributed by atoms with Crippen LogP contribution < -0.4 is 5.32 Å². The third kappa shape index (κ3) is 4.36. The van der Waals surface area contributed by atoms with E-state index in [9.17, 15) is 4.79 Å². The maximum absolute atomic E-state index is 11.9. The van der Waals surface area contributed by atoms with Crippen LogP contribution in [0.1, 0.15) is 32.2 Å². The van der Waals surface area contributed by atoms with Gasteiger partial charge < -0.3 is 15.0 Å². The third-order valence-electron chi connectivity index (χ3n) is 4.01. The quantitative estimate of drug-likeness (QED) is 0.922. The van der Waals surface area contributed by atoms with Crippen LogP contribution in [0.4, 0.5) is 4.79 Å². The minimum Gasteiger partial charge on any atom is -0.444 e. The summed E-state index contributed by atoms with van der Waals surface area (Å²) in [6, 6.07) is 4.33. The van der Waals surface area contributed by atoms with E-state index in [0.717, 1.165) is 23.8 Å². The van der Waals surface area contributed by atoms with Gasteiger partial charge in [-0.1, -0.05) is 6.07 Å². The Morgan fingerprint density at radius 2 is 2.08 bits per heavy atom. The maximum Gasteiger partial charge on any atom is 0.410 e. The number of carbonyl (C=O) groups is 1. The number of aromatic nitrogens is 3. The van der Waals surface area contributed by atoms with E-state index in [4.69, 9.17) is 4.74 Å². The lowest BCUT2D eigenvalue weighted by molar-refractivity contribution is 0.00518. The van der Waals surface area contributed by atoms with Crippen LogP contribution in [0.3, 0.4) is 0 Å². The predicted octanol–water partition coefficient (Wildman–Crippen LogP) is 2.28. The van der Waals surface area contributed by atoms with Gasteiger partial charge in [-0.3, -0.25) is 4.57 Å². The van der Waals surface area contributed by atoms with E-state index >= 15 is 0 Å². The Kier molecular flexibility index (Phi) is 4.76. The van der Waals surface area contributed by atoms with Crippen molar-refractivity contribution in [1.29, 1.82) is 0 Å². The average Bonchev–Trinajstić information content (AvgIpc) is 2.90. The van der Waals surface area contributed by atoms with Crippen LogP contribution >= 0.6 is 0 Å². The van der Waals surface area contributed by atoms with Crippen molar-refractivity contribution in [3.8, 4) is 5.82 Å². The Morgan fingerprint density at radius 1 is 1.32 bits per heavy atom. The van der Waals surface area contributed by atoms with E-state index in [1.165, 1.54) is 0 Å². The van der Waals surface area contributed by atoms with Crippen LogP contribution in [-0.4, -0.2) is 50.3 Å². The molecular formula is C18H25N5O2. The van der Waals surface area contributed by atoms with E-state index in [-0.39, 0.29) is 6.09 Å². The lowest BCUT2D eigenvalue weighted by Gasteiger charge is -2.40. The second-order valence-electron chi connectivity index (χ2n) is 7.33. The Labute approximate surface area is 148 Å².